The maximum atomic E-state index is 13.8. The maximum absolute atomic E-state index is 13.8. The standard InChI is InChI=1S/C17H17ClFNO/c1-3-11(2)12-7-4-5-10-15(12)20-17(21)16-13(18)8-6-9-14(16)19/h4-11H,3H2,1-2H3,(H,20,21). The van der Waals surface area contributed by atoms with Gasteiger partial charge in [0, 0.05) is 5.69 Å². The Kier molecular flexibility index (Phi) is 4.97. The van der Waals surface area contributed by atoms with Crippen LogP contribution in [0.3, 0.4) is 0 Å². The third-order valence-electron chi connectivity index (χ3n) is 3.54. The molecule has 0 spiro atoms. The highest BCUT2D eigenvalue weighted by Gasteiger charge is 2.17. The lowest BCUT2D eigenvalue weighted by atomic mass is 9.97. The summed E-state index contributed by atoms with van der Waals surface area (Å²) in [6, 6.07) is 11.7. The Bertz CT molecular complexity index is 637. The Hall–Kier alpha value is -1.87. The minimum absolute atomic E-state index is 0.105. The Balaban J connectivity index is 2.33. The van der Waals surface area contributed by atoms with E-state index in [2.05, 4.69) is 19.2 Å². The van der Waals surface area contributed by atoms with E-state index in [9.17, 15) is 9.18 Å². The fourth-order valence-corrected chi connectivity index (χ4v) is 2.41. The molecule has 0 aliphatic rings. The summed E-state index contributed by atoms with van der Waals surface area (Å²) in [6.45, 7) is 4.16. The molecule has 0 saturated heterocycles. The number of halogens is 2. The quantitative estimate of drug-likeness (QED) is 0.821. The van der Waals surface area contributed by atoms with Crippen LogP contribution in [0.2, 0.25) is 5.02 Å². The molecule has 0 saturated carbocycles. The van der Waals surface area contributed by atoms with Gasteiger partial charge < -0.3 is 5.32 Å². The summed E-state index contributed by atoms with van der Waals surface area (Å²) in [7, 11) is 0. The average molecular weight is 306 g/mol. The maximum Gasteiger partial charge on any atom is 0.260 e. The average Bonchev–Trinajstić information content (AvgIpc) is 2.47. The van der Waals surface area contributed by atoms with Gasteiger partial charge >= 0.3 is 0 Å². The first kappa shape index (κ1) is 15.5. The molecule has 1 atom stereocenters. The normalized spacial score (nSPS) is 12.0. The summed E-state index contributed by atoms with van der Waals surface area (Å²) in [6.07, 6.45) is 0.952. The number of hydrogen-bond acceptors (Lipinski definition) is 1. The lowest BCUT2D eigenvalue weighted by Gasteiger charge is -2.16. The molecule has 2 aromatic rings. The van der Waals surface area contributed by atoms with Gasteiger partial charge in [-0.15, -0.1) is 0 Å². The van der Waals surface area contributed by atoms with E-state index in [4.69, 9.17) is 11.6 Å². The number of anilines is 1. The lowest BCUT2D eigenvalue weighted by Crippen LogP contribution is -2.16. The molecule has 1 amide bonds. The van der Waals surface area contributed by atoms with Gasteiger partial charge in [0.2, 0.25) is 0 Å². The molecule has 2 rings (SSSR count). The van der Waals surface area contributed by atoms with Gasteiger partial charge in [-0.25, -0.2) is 4.39 Å². The summed E-state index contributed by atoms with van der Waals surface area (Å²) < 4.78 is 13.8. The fourth-order valence-electron chi connectivity index (χ4n) is 2.16. The van der Waals surface area contributed by atoms with Crippen LogP contribution in [0.15, 0.2) is 42.5 Å². The third kappa shape index (κ3) is 3.42. The number of rotatable bonds is 4. The fraction of sp³-hybridized carbons (Fsp3) is 0.235. The van der Waals surface area contributed by atoms with Crippen LogP contribution in [-0.2, 0) is 0 Å². The molecule has 0 aromatic heterocycles. The molecule has 21 heavy (non-hydrogen) atoms. The Morgan fingerprint density at radius 3 is 2.62 bits per heavy atom. The first-order chi connectivity index (χ1) is 10.0. The molecule has 1 N–H and O–H groups in total. The van der Waals surface area contributed by atoms with Crippen LogP contribution >= 0.6 is 11.6 Å². The lowest BCUT2D eigenvalue weighted by molar-refractivity contribution is 0.102. The number of carbonyl (C=O) groups excluding carboxylic acids is 1. The Labute approximate surface area is 128 Å². The van der Waals surface area contributed by atoms with E-state index in [0.29, 0.717) is 11.6 Å². The van der Waals surface area contributed by atoms with Crippen LogP contribution in [0.5, 0.6) is 0 Å². The molecular weight excluding hydrogens is 289 g/mol. The molecule has 0 radical (unpaired) electrons. The summed E-state index contributed by atoms with van der Waals surface area (Å²) in [5, 5.41) is 2.87. The molecule has 110 valence electrons. The molecule has 2 nitrogen and oxygen atoms in total. The Morgan fingerprint density at radius 1 is 1.24 bits per heavy atom. The minimum atomic E-state index is -0.624. The number of benzene rings is 2. The van der Waals surface area contributed by atoms with Gasteiger partial charge in [-0.05, 0) is 36.1 Å². The van der Waals surface area contributed by atoms with Gasteiger partial charge in [-0.1, -0.05) is 49.7 Å². The number of nitrogens with one attached hydrogen (secondary N) is 1. The number of amides is 1. The van der Waals surface area contributed by atoms with Gasteiger partial charge in [-0.2, -0.15) is 0 Å². The highest BCUT2D eigenvalue weighted by atomic mass is 35.5. The topological polar surface area (TPSA) is 29.1 Å². The van der Waals surface area contributed by atoms with E-state index in [1.807, 2.05) is 24.3 Å². The van der Waals surface area contributed by atoms with E-state index in [-0.39, 0.29) is 10.6 Å². The molecule has 0 bridgehead atoms. The van der Waals surface area contributed by atoms with Crippen molar-refractivity contribution in [2.75, 3.05) is 5.32 Å². The van der Waals surface area contributed by atoms with Crippen LogP contribution in [0.4, 0.5) is 10.1 Å². The van der Waals surface area contributed by atoms with Gasteiger partial charge in [0.05, 0.1) is 10.6 Å². The van der Waals surface area contributed by atoms with Crippen LogP contribution in [0, 0.1) is 5.82 Å². The van der Waals surface area contributed by atoms with Crippen molar-refractivity contribution in [3.8, 4) is 0 Å². The van der Waals surface area contributed by atoms with Crippen molar-refractivity contribution in [3.05, 3.63) is 64.4 Å². The molecule has 0 heterocycles. The van der Waals surface area contributed by atoms with Crippen molar-refractivity contribution in [1.29, 1.82) is 0 Å². The SMILES string of the molecule is CCC(C)c1ccccc1NC(=O)c1c(F)cccc1Cl. The molecular formula is C17H17ClFNO. The Morgan fingerprint density at radius 2 is 1.95 bits per heavy atom. The first-order valence-corrected chi connectivity index (χ1v) is 7.26. The minimum Gasteiger partial charge on any atom is -0.322 e. The second kappa shape index (κ2) is 6.72. The third-order valence-corrected chi connectivity index (χ3v) is 3.86. The predicted octanol–water partition coefficient (Wildman–Crippen LogP) is 5.24. The first-order valence-electron chi connectivity index (χ1n) is 6.88. The second-order valence-corrected chi connectivity index (χ2v) is 5.35. The molecule has 4 heteroatoms. The van der Waals surface area contributed by atoms with Crippen LogP contribution < -0.4 is 5.32 Å². The summed E-state index contributed by atoms with van der Waals surface area (Å²) in [5.74, 6) is -0.854. The van der Waals surface area contributed by atoms with Crippen LogP contribution in [-0.4, -0.2) is 5.91 Å². The zero-order chi connectivity index (χ0) is 15.4. The molecule has 0 aliphatic carbocycles. The van der Waals surface area contributed by atoms with Crippen molar-refractivity contribution in [2.24, 2.45) is 0 Å². The van der Waals surface area contributed by atoms with Gasteiger partial charge in [0.25, 0.3) is 5.91 Å². The number of hydrogen-bond donors (Lipinski definition) is 1. The van der Waals surface area contributed by atoms with Crippen molar-refractivity contribution in [2.45, 2.75) is 26.2 Å². The van der Waals surface area contributed by atoms with Gasteiger partial charge in [-0.3, -0.25) is 4.79 Å². The van der Waals surface area contributed by atoms with Crippen LogP contribution in [0.1, 0.15) is 42.1 Å². The zero-order valence-electron chi connectivity index (χ0n) is 12.0. The van der Waals surface area contributed by atoms with E-state index in [1.165, 1.54) is 18.2 Å². The number of carbonyl (C=O) groups is 1. The van der Waals surface area contributed by atoms with Crippen molar-refractivity contribution in [1.82, 2.24) is 0 Å². The largest absolute Gasteiger partial charge is 0.322 e. The van der Waals surface area contributed by atoms with Gasteiger partial charge in [0.1, 0.15) is 5.82 Å². The molecule has 2 aromatic carbocycles. The van der Waals surface area contributed by atoms with Crippen molar-refractivity contribution in [3.63, 3.8) is 0 Å². The summed E-state index contributed by atoms with van der Waals surface area (Å²) in [5.41, 5.74) is 1.59. The summed E-state index contributed by atoms with van der Waals surface area (Å²) >= 11 is 5.92. The molecule has 0 aliphatic heterocycles. The highest BCUT2D eigenvalue weighted by Crippen LogP contribution is 2.28. The van der Waals surface area contributed by atoms with E-state index >= 15 is 0 Å². The molecule has 0 fully saturated rings. The van der Waals surface area contributed by atoms with Crippen LogP contribution in [0.25, 0.3) is 0 Å². The van der Waals surface area contributed by atoms with Crippen molar-refractivity contribution >= 4 is 23.2 Å². The monoisotopic (exact) mass is 305 g/mol. The highest BCUT2D eigenvalue weighted by molar-refractivity contribution is 6.34. The summed E-state index contributed by atoms with van der Waals surface area (Å²) in [4.78, 5) is 12.3. The smallest absolute Gasteiger partial charge is 0.260 e. The zero-order valence-corrected chi connectivity index (χ0v) is 12.7. The predicted molar refractivity (Wildman–Crippen MR) is 84.5 cm³/mol. The molecule has 1 unspecified atom stereocenters. The number of para-hydroxylation sites is 1. The van der Waals surface area contributed by atoms with E-state index in [1.54, 1.807) is 0 Å². The van der Waals surface area contributed by atoms with E-state index in [0.717, 1.165) is 12.0 Å². The van der Waals surface area contributed by atoms with Crippen molar-refractivity contribution < 1.29 is 9.18 Å². The van der Waals surface area contributed by atoms with E-state index < -0.39 is 11.7 Å². The second-order valence-electron chi connectivity index (χ2n) is 4.95. The van der Waals surface area contributed by atoms with Gasteiger partial charge in [0.15, 0.2) is 0 Å².